The van der Waals surface area contributed by atoms with Gasteiger partial charge in [-0.2, -0.15) is 0 Å². The van der Waals surface area contributed by atoms with E-state index >= 15 is 0 Å². The van der Waals surface area contributed by atoms with Gasteiger partial charge in [0, 0.05) is 58.5 Å². The fourth-order valence-electron chi connectivity index (χ4n) is 10.7. The van der Waals surface area contributed by atoms with Crippen LogP contribution in [-0.4, -0.2) is 4.57 Å². The number of para-hydroxylation sites is 1. The van der Waals surface area contributed by atoms with Gasteiger partial charge in [-0.1, -0.05) is 131 Å². The van der Waals surface area contributed by atoms with Crippen LogP contribution in [0.2, 0.25) is 0 Å². The van der Waals surface area contributed by atoms with Crippen molar-refractivity contribution in [3.8, 4) is 22.3 Å². The number of fused-ring (bicyclic) bond motifs is 12. The van der Waals surface area contributed by atoms with Gasteiger partial charge < -0.3 is 9.47 Å². The van der Waals surface area contributed by atoms with E-state index < -0.39 is 0 Å². The minimum absolute atomic E-state index is 0.0915. The molecule has 2 nitrogen and oxygen atoms in total. The molecule has 0 fully saturated rings. The van der Waals surface area contributed by atoms with Crippen LogP contribution < -0.4 is 4.90 Å². The molecule has 0 N–H and O–H groups in total. The zero-order valence-corrected chi connectivity index (χ0v) is 33.5. The number of hydrogen-bond donors (Lipinski definition) is 0. The van der Waals surface area contributed by atoms with Crippen molar-refractivity contribution in [1.29, 1.82) is 0 Å². The van der Waals surface area contributed by atoms with E-state index in [1.807, 2.05) is 11.3 Å². The molecule has 0 spiro atoms. The van der Waals surface area contributed by atoms with E-state index in [0.717, 1.165) is 6.42 Å². The fraction of sp³-hybridized carbons (Fsp3) is 0.148. The first-order valence-electron chi connectivity index (χ1n) is 20.3. The third-order valence-corrected chi connectivity index (χ3v) is 14.6. The predicted octanol–water partition coefficient (Wildman–Crippen LogP) is 15.3. The molecule has 3 heterocycles. The molecule has 3 heteroatoms. The highest BCUT2D eigenvalue weighted by atomic mass is 32.1. The summed E-state index contributed by atoms with van der Waals surface area (Å²) in [7, 11) is 0. The Kier molecular flexibility index (Phi) is 6.77. The SMILES string of the molecule is CC1(C)c2ccccc2-c2ccc(N3c4ccc(-c5ccc6c(c5)c5ccccc5n6C5C=CC=CC5)cc4C(C)(C)c4c3ccc3sc5ccccc5c43)cc21. The smallest absolute Gasteiger partial charge is 0.0560 e. The summed E-state index contributed by atoms with van der Waals surface area (Å²) in [6.07, 6.45) is 9.98. The summed E-state index contributed by atoms with van der Waals surface area (Å²) in [5.74, 6) is 0. The number of anilines is 3. The molecule has 9 aromatic rings. The number of nitrogens with zero attached hydrogens (tertiary/aromatic N) is 2. The van der Waals surface area contributed by atoms with Gasteiger partial charge in [0.1, 0.15) is 0 Å². The molecule has 0 saturated heterocycles. The summed E-state index contributed by atoms with van der Waals surface area (Å²) in [5.41, 5.74) is 16.7. The Labute approximate surface area is 337 Å². The summed E-state index contributed by atoms with van der Waals surface area (Å²) in [4.78, 5) is 2.56. The third kappa shape index (κ3) is 4.52. The standard InChI is InChI=1S/C54H42N2S/c1-53(2)42-19-11-8-16-37(42)38-25-24-36(32-43(38)53)56-47-27-23-34(31-44(47)54(3,4)52-48(56)28-29-50-51(52)40-18-10-13-21-49(40)57-50)33-22-26-46-41(30-33)39-17-9-12-20-45(39)55(46)35-14-6-5-7-15-35/h5-14,16-32,35H,15H2,1-4H3. The maximum absolute atomic E-state index is 2.56. The van der Waals surface area contributed by atoms with Crippen molar-refractivity contribution in [3.63, 3.8) is 0 Å². The lowest BCUT2D eigenvalue weighted by Crippen LogP contribution is -2.31. The Balaban J connectivity index is 1.08. The summed E-state index contributed by atoms with van der Waals surface area (Å²) < 4.78 is 5.22. The molecule has 0 bridgehead atoms. The molecule has 3 aliphatic rings. The Morgan fingerprint density at radius 1 is 0.544 bits per heavy atom. The molecule has 12 rings (SSSR count). The number of rotatable bonds is 3. The van der Waals surface area contributed by atoms with Gasteiger partial charge in [-0.3, -0.25) is 0 Å². The molecule has 274 valence electrons. The minimum atomic E-state index is -0.270. The maximum Gasteiger partial charge on any atom is 0.0560 e. The zero-order chi connectivity index (χ0) is 38.2. The normalized spacial score (nSPS) is 17.3. The molecule has 1 atom stereocenters. The van der Waals surface area contributed by atoms with E-state index in [9.17, 15) is 0 Å². The van der Waals surface area contributed by atoms with Gasteiger partial charge in [0.2, 0.25) is 0 Å². The van der Waals surface area contributed by atoms with E-state index in [2.05, 4.69) is 201 Å². The highest BCUT2D eigenvalue weighted by molar-refractivity contribution is 7.25. The second kappa shape index (κ2) is 11.7. The number of benzene rings is 7. The van der Waals surface area contributed by atoms with Crippen LogP contribution in [0.1, 0.15) is 62.4 Å². The first kappa shape index (κ1) is 33.0. The van der Waals surface area contributed by atoms with E-state index in [1.165, 1.54) is 104 Å². The number of hydrogen-bond acceptors (Lipinski definition) is 2. The molecule has 0 radical (unpaired) electrons. The summed E-state index contributed by atoms with van der Waals surface area (Å²) in [5, 5.41) is 5.35. The van der Waals surface area contributed by atoms with E-state index in [1.54, 1.807) is 0 Å². The lowest BCUT2D eigenvalue weighted by Gasteiger charge is -2.43. The average Bonchev–Trinajstić information content (AvgIpc) is 3.86. The highest BCUT2D eigenvalue weighted by Crippen LogP contribution is 2.58. The molecular weight excluding hydrogens is 709 g/mol. The first-order valence-corrected chi connectivity index (χ1v) is 21.1. The van der Waals surface area contributed by atoms with Crippen LogP contribution in [0.3, 0.4) is 0 Å². The third-order valence-electron chi connectivity index (χ3n) is 13.5. The Hall–Kier alpha value is -6.16. The van der Waals surface area contributed by atoms with Crippen molar-refractivity contribution in [1.82, 2.24) is 4.57 Å². The van der Waals surface area contributed by atoms with Crippen molar-refractivity contribution < 1.29 is 0 Å². The number of allylic oxidation sites excluding steroid dienone is 4. The van der Waals surface area contributed by atoms with Crippen LogP contribution in [-0.2, 0) is 10.8 Å². The number of thiophene rings is 1. The molecule has 2 aliphatic carbocycles. The largest absolute Gasteiger partial charge is 0.333 e. The Morgan fingerprint density at radius 2 is 1.28 bits per heavy atom. The van der Waals surface area contributed by atoms with Crippen molar-refractivity contribution >= 4 is 70.4 Å². The highest BCUT2D eigenvalue weighted by Gasteiger charge is 2.41. The molecule has 7 aromatic carbocycles. The Morgan fingerprint density at radius 3 is 2.16 bits per heavy atom. The van der Waals surface area contributed by atoms with Crippen LogP contribution in [0.4, 0.5) is 17.1 Å². The lowest BCUT2D eigenvalue weighted by atomic mass is 9.71. The van der Waals surface area contributed by atoms with E-state index in [0.29, 0.717) is 6.04 Å². The molecular formula is C54H42N2S. The molecule has 57 heavy (non-hydrogen) atoms. The second-order valence-corrected chi connectivity index (χ2v) is 18.3. The molecule has 2 aromatic heterocycles. The zero-order valence-electron chi connectivity index (χ0n) is 32.7. The van der Waals surface area contributed by atoms with Crippen LogP contribution in [0.15, 0.2) is 164 Å². The van der Waals surface area contributed by atoms with Gasteiger partial charge in [-0.15, -0.1) is 11.3 Å². The van der Waals surface area contributed by atoms with Crippen molar-refractivity contribution in [2.45, 2.75) is 51.0 Å². The predicted molar refractivity (Wildman–Crippen MR) is 244 cm³/mol. The second-order valence-electron chi connectivity index (χ2n) is 17.3. The van der Waals surface area contributed by atoms with Crippen molar-refractivity contribution in [2.75, 3.05) is 4.90 Å². The van der Waals surface area contributed by atoms with E-state index in [-0.39, 0.29) is 10.8 Å². The number of aromatic nitrogens is 1. The van der Waals surface area contributed by atoms with E-state index in [4.69, 9.17) is 0 Å². The maximum atomic E-state index is 2.56. The lowest BCUT2D eigenvalue weighted by molar-refractivity contribution is 0.638. The van der Waals surface area contributed by atoms with Gasteiger partial charge in [0.15, 0.2) is 0 Å². The summed E-state index contributed by atoms with van der Waals surface area (Å²) in [6.45, 7) is 9.66. The Bertz CT molecular complexity index is 3240. The van der Waals surface area contributed by atoms with Gasteiger partial charge in [-0.25, -0.2) is 0 Å². The molecule has 0 saturated carbocycles. The van der Waals surface area contributed by atoms with Crippen LogP contribution in [0.5, 0.6) is 0 Å². The van der Waals surface area contributed by atoms with Crippen LogP contribution in [0, 0.1) is 0 Å². The first-order chi connectivity index (χ1) is 27.8. The van der Waals surface area contributed by atoms with Gasteiger partial charge in [-0.05, 0) is 112 Å². The van der Waals surface area contributed by atoms with Gasteiger partial charge >= 0.3 is 0 Å². The van der Waals surface area contributed by atoms with Crippen molar-refractivity contribution in [3.05, 3.63) is 186 Å². The topological polar surface area (TPSA) is 8.17 Å². The summed E-state index contributed by atoms with van der Waals surface area (Å²) in [6, 6.07) is 53.5. The van der Waals surface area contributed by atoms with Gasteiger partial charge in [0.05, 0.1) is 17.4 Å². The molecule has 0 amide bonds. The van der Waals surface area contributed by atoms with Crippen molar-refractivity contribution in [2.24, 2.45) is 0 Å². The summed E-state index contributed by atoms with van der Waals surface area (Å²) >= 11 is 1.91. The van der Waals surface area contributed by atoms with Gasteiger partial charge in [0.25, 0.3) is 0 Å². The average molecular weight is 751 g/mol. The monoisotopic (exact) mass is 750 g/mol. The van der Waals surface area contributed by atoms with Crippen LogP contribution in [0.25, 0.3) is 64.2 Å². The molecule has 1 aliphatic heterocycles. The minimum Gasteiger partial charge on any atom is -0.333 e. The quantitative estimate of drug-likeness (QED) is 0.175. The fourth-order valence-corrected chi connectivity index (χ4v) is 11.8. The molecule has 1 unspecified atom stereocenters. The van der Waals surface area contributed by atoms with Crippen LogP contribution >= 0.6 is 11.3 Å².